The summed E-state index contributed by atoms with van der Waals surface area (Å²) < 4.78 is 0. The summed E-state index contributed by atoms with van der Waals surface area (Å²) in [6.45, 7) is 4.54. The standard InChI is InChI=1S/C16H24ClN/c1-12-6-4-5-7-16(12)18(3)15-9-8-14(11-17)13(2)10-15/h8-10,12,16H,4-7,11H2,1-3H3. The minimum Gasteiger partial charge on any atom is -0.371 e. The van der Waals surface area contributed by atoms with E-state index in [0.29, 0.717) is 11.9 Å². The van der Waals surface area contributed by atoms with E-state index >= 15 is 0 Å². The Morgan fingerprint density at radius 2 is 2.00 bits per heavy atom. The van der Waals surface area contributed by atoms with E-state index in [-0.39, 0.29) is 0 Å². The van der Waals surface area contributed by atoms with Gasteiger partial charge in [0.25, 0.3) is 0 Å². The van der Waals surface area contributed by atoms with E-state index in [4.69, 9.17) is 11.6 Å². The third kappa shape index (κ3) is 2.83. The summed E-state index contributed by atoms with van der Waals surface area (Å²) >= 11 is 5.92. The van der Waals surface area contributed by atoms with Gasteiger partial charge in [-0.1, -0.05) is 25.8 Å². The zero-order chi connectivity index (χ0) is 13.1. The second-order valence-corrected chi connectivity index (χ2v) is 5.95. The van der Waals surface area contributed by atoms with Gasteiger partial charge in [-0.15, -0.1) is 11.6 Å². The van der Waals surface area contributed by atoms with Crippen molar-refractivity contribution in [1.29, 1.82) is 0 Å². The molecule has 1 aliphatic carbocycles. The third-order valence-electron chi connectivity index (χ3n) is 4.44. The van der Waals surface area contributed by atoms with E-state index in [0.717, 1.165) is 5.92 Å². The molecule has 0 heterocycles. The summed E-state index contributed by atoms with van der Waals surface area (Å²) in [7, 11) is 2.24. The van der Waals surface area contributed by atoms with Crippen LogP contribution in [0.3, 0.4) is 0 Å². The van der Waals surface area contributed by atoms with Gasteiger partial charge in [0.1, 0.15) is 0 Å². The zero-order valence-corrected chi connectivity index (χ0v) is 12.5. The molecule has 0 aliphatic heterocycles. The lowest BCUT2D eigenvalue weighted by atomic mass is 9.85. The van der Waals surface area contributed by atoms with Crippen LogP contribution in [0.1, 0.15) is 43.7 Å². The molecule has 0 aromatic heterocycles. The number of halogens is 1. The molecule has 0 spiro atoms. The number of alkyl halides is 1. The van der Waals surface area contributed by atoms with E-state index in [1.165, 1.54) is 42.5 Å². The summed E-state index contributed by atoms with van der Waals surface area (Å²) in [5, 5.41) is 0. The van der Waals surface area contributed by atoms with Crippen molar-refractivity contribution in [3.05, 3.63) is 29.3 Å². The molecule has 1 saturated carbocycles. The lowest BCUT2D eigenvalue weighted by Gasteiger charge is -2.38. The van der Waals surface area contributed by atoms with Gasteiger partial charge < -0.3 is 4.90 Å². The van der Waals surface area contributed by atoms with Gasteiger partial charge in [-0.25, -0.2) is 0 Å². The van der Waals surface area contributed by atoms with Crippen LogP contribution in [0.2, 0.25) is 0 Å². The maximum absolute atomic E-state index is 5.92. The maximum atomic E-state index is 5.92. The van der Waals surface area contributed by atoms with Crippen molar-refractivity contribution in [2.24, 2.45) is 5.92 Å². The number of hydrogen-bond donors (Lipinski definition) is 0. The van der Waals surface area contributed by atoms with Gasteiger partial charge in [-0.05, 0) is 48.9 Å². The molecule has 1 aromatic carbocycles. The predicted molar refractivity (Wildman–Crippen MR) is 80.6 cm³/mol. The fraction of sp³-hybridized carbons (Fsp3) is 0.625. The largest absolute Gasteiger partial charge is 0.371 e. The molecule has 0 amide bonds. The fourth-order valence-corrected chi connectivity index (χ4v) is 3.41. The van der Waals surface area contributed by atoms with E-state index in [9.17, 15) is 0 Å². The van der Waals surface area contributed by atoms with E-state index < -0.39 is 0 Å². The Kier molecular flexibility index (Phi) is 4.55. The first-order valence-electron chi connectivity index (χ1n) is 7.02. The summed E-state index contributed by atoms with van der Waals surface area (Å²) in [6, 6.07) is 7.35. The van der Waals surface area contributed by atoms with E-state index in [1.54, 1.807) is 0 Å². The average molecular weight is 266 g/mol. The van der Waals surface area contributed by atoms with Gasteiger partial charge >= 0.3 is 0 Å². The third-order valence-corrected chi connectivity index (χ3v) is 4.73. The second-order valence-electron chi connectivity index (χ2n) is 5.68. The minimum absolute atomic E-state index is 0.607. The van der Waals surface area contributed by atoms with Gasteiger partial charge in [-0.3, -0.25) is 0 Å². The Balaban J connectivity index is 2.17. The van der Waals surface area contributed by atoms with E-state index in [1.807, 2.05) is 0 Å². The van der Waals surface area contributed by atoms with Crippen LogP contribution < -0.4 is 4.90 Å². The molecule has 2 atom stereocenters. The fourth-order valence-electron chi connectivity index (χ4n) is 3.11. The van der Waals surface area contributed by atoms with Crippen molar-refractivity contribution in [1.82, 2.24) is 0 Å². The lowest BCUT2D eigenvalue weighted by molar-refractivity contribution is 0.321. The van der Waals surface area contributed by atoms with Gasteiger partial charge in [-0.2, -0.15) is 0 Å². The molecule has 0 bridgehead atoms. The van der Waals surface area contributed by atoms with Crippen LogP contribution in [-0.2, 0) is 5.88 Å². The molecule has 1 nitrogen and oxygen atoms in total. The SMILES string of the molecule is Cc1cc(N(C)C2CCCCC2C)ccc1CCl. The number of rotatable bonds is 3. The van der Waals surface area contributed by atoms with Crippen LogP contribution in [0.25, 0.3) is 0 Å². The smallest absolute Gasteiger partial charge is 0.0476 e. The van der Waals surface area contributed by atoms with Crippen molar-refractivity contribution in [2.75, 3.05) is 11.9 Å². The highest BCUT2D eigenvalue weighted by atomic mass is 35.5. The quantitative estimate of drug-likeness (QED) is 0.713. The monoisotopic (exact) mass is 265 g/mol. The molecule has 100 valence electrons. The molecule has 2 rings (SSSR count). The second kappa shape index (κ2) is 5.97. The first-order chi connectivity index (χ1) is 8.63. The summed E-state index contributed by atoms with van der Waals surface area (Å²) in [5.74, 6) is 1.41. The van der Waals surface area contributed by atoms with E-state index in [2.05, 4.69) is 44.0 Å². The topological polar surface area (TPSA) is 3.24 Å². The molecule has 0 N–H and O–H groups in total. The molecule has 1 aromatic rings. The highest BCUT2D eigenvalue weighted by molar-refractivity contribution is 6.17. The summed E-state index contributed by atoms with van der Waals surface area (Å²) in [6.07, 6.45) is 5.47. The summed E-state index contributed by atoms with van der Waals surface area (Å²) in [5.41, 5.74) is 3.88. The Morgan fingerprint density at radius 1 is 1.28 bits per heavy atom. The van der Waals surface area contributed by atoms with Gasteiger partial charge in [0, 0.05) is 24.7 Å². The van der Waals surface area contributed by atoms with Crippen molar-refractivity contribution >= 4 is 17.3 Å². The van der Waals surface area contributed by atoms with Gasteiger partial charge in [0.15, 0.2) is 0 Å². The summed E-state index contributed by atoms with van der Waals surface area (Å²) in [4.78, 5) is 2.47. The molecule has 1 fully saturated rings. The Hall–Kier alpha value is -0.690. The van der Waals surface area contributed by atoms with Crippen molar-refractivity contribution in [2.45, 2.75) is 51.5 Å². The number of aryl methyl sites for hydroxylation is 1. The lowest BCUT2D eigenvalue weighted by Crippen LogP contribution is -2.39. The first-order valence-corrected chi connectivity index (χ1v) is 7.55. The first kappa shape index (κ1) is 13.7. The molecule has 0 saturated heterocycles. The minimum atomic E-state index is 0.607. The molecule has 18 heavy (non-hydrogen) atoms. The predicted octanol–water partition coefficient (Wildman–Crippen LogP) is 4.75. The average Bonchev–Trinajstić information content (AvgIpc) is 2.38. The highest BCUT2D eigenvalue weighted by Gasteiger charge is 2.25. The highest BCUT2D eigenvalue weighted by Crippen LogP contribution is 2.31. The molecule has 2 unspecified atom stereocenters. The van der Waals surface area contributed by atoms with Crippen LogP contribution >= 0.6 is 11.6 Å². The van der Waals surface area contributed by atoms with Crippen molar-refractivity contribution in [3.8, 4) is 0 Å². The van der Waals surface area contributed by atoms with Crippen molar-refractivity contribution in [3.63, 3.8) is 0 Å². The molecular weight excluding hydrogens is 242 g/mol. The number of anilines is 1. The van der Waals surface area contributed by atoms with Crippen LogP contribution in [0.4, 0.5) is 5.69 Å². The zero-order valence-electron chi connectivity index (χ0n) is 11.7. The van der Waals surface area contributed by atoms with Crippen LogP contribution in [0.5, 0.6) is 0 Å². The maximum Gasteiger partial charge on any atom is 0.0476 e. The van der Waals surface area contributed by atoms with Gasteiger partial charge in [0.05, 0.1) is 0 Å². The normalized spacial score (nSPS) is 24.0. The number of benzene rings is 1. The molecule has 1 aliphatic rings. The number of hydrogen-bond acceptors (Lipinski definition) is 1. The van der Waals surface area contributed by atoms with Crippen LogP contribution in [-0.4, -0.2) is 13.1 Å². The Bertz CT molecular complexity index is 402. The molecular formula is C16H24ClN. The molecule has 2 heteroatoms. The Labute approximate surface area is 116 Å². The molecule has 0 radical (unpaired) electrons. The van der Waals surface area contributed by atoms with Crippen molar-refractivity contribution < 1.29 is 0 Å². The number of nitrogens with zero attached hydrogens (tertiary/aromatic N) is 1. The van der Waals surface area contributed by atoms with Gasteiger partial charge in [0.2, 0.25) is 0 Å². The Morgan fingerprint density at radius 3 is 2.61 bits per heavy atom. The van der Waals surface area contributed by atoms with Crippen LogP contribution in [0.15, 0.2) is 18.2 Å². The van der Waals surface area contributed by atoms with Crippen LogP contribution in [0, 0.1) is 12.8 Å².